The Bertz CT molecular complexity index is 1460. The van der Waals surface area contributed by atoms with Crippen molar-refractivity contribution >= 4 is 38.4 Å². The molecule has 0 saturated heterocycles. The largest absolute Gasteiger partial charge is 0.493 e. The summed E-state index contributed by atoms with van der Waals surface area (Å²) < 4.78 is 13.7. The van der Waals surface area contributed by atoms with Crippen molar-refractivity contribution in [2.45, 2.75) is 0 Å². The number of methoxy groups -OCH3 is 2. The highest BCUT2D eigenvalue weighted by atomic mass is 79.9. The second-order valence-electron chi connectivity index (χ2n) is 7.38. The standard InChI is InChI=1S/C25H19BrClN3O3/c1-32-19-12-5-15(13-20(19)33-2)24-21-22(14-3-6-16(26)7-4-14)28-29-23(21)25(31)30(24)18-10-8-17(27)9-11-18/h3-13,29,31H,1-2H3. The lowest BCUT2D eigenvalue weighted by Gasteiger charge is -2.14. The first-order chi connectivity index (χ1) is 16.0. The van der Waals surface area contributed by atoms with Gasteiger partial charge in [0.1, 0.15) is 11.2 Å². The maximum absolute atomic E-state index is 11.3. The number of rotatable bonds is 5. The quantitative estimate of drug-likeness (QED) is 0.264. The minimum Gasteiger partial charge on any atom is -0.493 e. The number of aromatic nitrogens is 3. The molecule has 0 aliphatic heterocycles. The summed E-state index contributed by atoms with van der Waals surface area (Å²) >= 11 is 9.60. The second-order valence-corrected chi connectivity index (χ2v) is 8.74. The predicted molar refractivity (Wildman–Crippen MR) is 134 cm³/mol. The molecule has 2 N–H and O–H groups in total. The van der Waals surface area contributed by atoms with Crippen LogP contribution in [-0.2, 0) is 0 Å². The lowest BCUT2D eigenvalue weighted by Crippen LogP contribution is -1.98. The Labute approximate surface area is 203 Å². The van der Waals surface area contributed by atoms with E-state index in [1.54, 1.807) is 30.9 Å². The fourth-order valence-corrected chi connectivity index (χ4v) is 4.37. The second kappa shape index (κ2) is 8.50. The molecule has 0 bridgehead atoms. The van der Waals surface area contributed by atoms with Crippen molar-refractivity contribution in [3.8, 4) is 45.6 Å². The molecule has 166 valence electrons. The summed E-state index contributed by atoms with van der Waals surface area (Å²) in [7, 11) is 3.19. The molecule has 0 saturated carbocycles. The van der Waals surface area contributed by atoms with Crippen molar-refractivity contribution in [1.29, 1.82) is 0 Å². The molecule has 0 aliphatic carbocycles. The third kappa shape index (κ3) is 3.63. The maximum atomic E-state index is 11.3. The van der Waals surface area contributed by atoms with Gasteiger partial charge >= 0.3 is 0 Å². The number of benzene rings is 3. The molecule has 2 heterocycles. The van der Waals surface area contributed by atoms with Crippen LogP contribution in [0.4, 0.5) is 0 Å². The Kier molecular flexibility index (Phi) is 5.52. The van der Waals surface area contributed by atoms with Crippen molar-refractivity contribution in [3.05, 3.63) is 76.2 Å². The number of nitrogens with zero attached hydrogens (tertiary/aromatic N) is 2. The van der Waals surface area contributed by atoms with Gasteiger partial charge in [-0.1, -0.05) is 39.7 Å². The molecule has 2 aromatic heterocycles. The average Bonchev–Trinajstić information content (AvgIpc) is 3.39. The molecule has 8 heteroatoms. The summed E-state index contributed by atoms with van der Waals surface area (Å²) in [5.41, 5.74) is 4.52. The van der Waals surface area contributed by atoms with Gasteiger partial charge in [0.25, 0.3) is 0 Å². The van der Waals surface area contributed by atoms with Crippen molar-refractivity contribution < 1.29 is 14.6 Å². The lowest BCUT2D eigenvalue weighted by atomic mass is 10.0. The average molecular weight is 525 g/mol. The van der Waals surface area contributed by atoms with Crippen LogP contribution in [0.25, 0.3) is 39.1 Å². The molecule has 0 atom stereocenters. The Balaban J connectivity index is 1.86. The Hall–Kier alpha value is -3.42. The molecule has 0 amide bonds. The normalized spacial score (nSPS) is 11.2. The molecule has 5 aromatic rings. The first kappa shape index (κ1) is 21.4. The van der Waals surface area contributed by atoms with E-state index in [9.17, 15) is 5.11 Å². The van der Waals surface area contributed by atoms with Crippen LogP contribution in [-0.4, -0.2) is 34.1 Å². The first-order valence-electron chi connectivity index (χ1n) is 10.1. The minimum atomic E-state index is 0.0490. The number of aromatic hydroxyl groups is 1. The van der Waals surface area contributed by atoms with E-state index in [0.717, 1.165) is 38.1 Å². The fourth-order valence-electron chi connectivity index (χ4n) is 3.98. The summed E-state index contributed by atoms with van der Waals surface area (Å²) in [5.74, 6) is 1.25. The van der Waals surface area contributed by atoms with E-state index in [2.05, 4.69) is 26.1 Å². The third-order valence-corrected chi connectivity index (χ3v) is 6.30. The van der Waals surface area contributed by atoms with Crippen molar-refractivity contribution in [2.75, 3.05) is 14.2 Å². The van der Waals surface area contributed by atoms with Gasteiger partial charge in [-0.15, -0.1) is 0 Å². The summed E-state index contributed by atoms with van der Waals surface area (Å²) in [5, 5.41) is 20.2. The Morgan fingerprint density at radius 3 is 2.24 bits per heavy atom. The van der Waals surface area contributed by atoms with Gasteiger partial charge in [0.2, 0.25) is 5.88 Å². The van der Waals surface area contributed by atoms with Gasteiger partial charge in [0.05, 0.1) is 25.3 Å². The lowest BCUT2D eigenvalue weighted by molar-refractivity contribution is 0.355. The van der Waals surface area contributed by atoms with Crippen molar-refractivity contribution in [2.24, 2.45) is 0 Å². The number of H-pyrrole nitrogens is 1. The van der Waals surface area contributed by atoms with E-state index in [4.69, 9.17) is 21.1 Å². The number of fused-ring (bicyclic) bond motifs is 1. The molecule has 0 spiro atoms. The highest BCUT2D eigenvalue weighted by Gasteiger charge is 2.25. The van der Waals surface area contributed by atoms with E-state index in [-0.39, 0.29) is 5.88 Å². The maximum Gasteiger partial charge on any atom is 0.222 e. The Morgan fingerprint density at radius 2 is 1.58 bits per heavy atom. The molecule has 0 unspecified atom stereocenters. The summed E-state index contributed by atoms with van der Waals surface area (Å²) in [6.45, 7) is 0. The number of hydrogen-bond donors (Lipinski definition) is 2. The zero-order chi connectivity index (χ0) is 23.1. The number of ether oxygens (including phenoxy) is 2. The molecule has 3 aromatic carbocycles. The van der Waals surface area contributed by atoms with E-state index in [1.165, 1.54) is 0 Å². The zero-order valence-electron chi connectivity index (χ0n) is 17.8. The van der Waals surface area contributed by atoms with Gasteiger partial charge in [-0.05, 0) is 54.6 Å². The number of nitrogens with one attached hydrogen (secondary N) is 1. The number of halogens is 2. The monoisotopic (exact) mass is 523 g/mol. The van der Waals surface area contributed by atoms with Gasteiger partial charge in [-0.25, -0.2) is 0 Å². The van der Waals surface area contributed by atoms with Crippen molar-refractivity contribution in [3.63, 3.8) is 0 Å². The number of hydrogen-bond acceptors (Lipinski definition) is 4. The first-order valence-corrected chi connectivity index (χ1v) is 11.2. The van der Waals surface area contributed by atoms with Crippen LogP contribution in [0, 0.1) is 0 Å². The van der Waals surface area contributed by atoms with Gasteiger partial charge in [0, 0.05) is 26.3 Å². The van der Waals surface area contributed by atoms with E-state index >= 15 is 0 Å². The minimum absolute atomic E-state index is 0.0490. The van der Waals surface area contributed by atoms with Crippen LogP contribution in [0.2, 0.25) is 5.02 Å². The summed E-state index contributed by atoms with van der Waals surface area (Å²) in [6.07, 6.45) is 0. The van der Waals surface area contributed by atoms with Gasteiger partial charge in [-0.2, -0.15) is 5.10 Å². The van der Waals surface area contributed by atoms with Gasteiger partial charge in [0.15, 0.2) is 11.5 Å². The molecular weight excluding hydrogens is 506 g/mol. The molecule has 0 aliphatic rings. The highest BCUT2D eigenvalue weighted by Crippen LogP contribution is 2.45. The van der Waals surface area contributed by atoms with Gasteiger partial charge < -0.3 is 14.6 Å². The van der Waals surface area contributed by atoms with Crippen molar-refractivity contribution in [1.82, 2.24) is 14.8 Å². The van der Waals surface area contributed by atoms with Crippen LogP contribution in [0.1, 0.15) is 0 Å². The zero-order valence-corrected chi connectivity index (χ0v) is 20.1. The SMILES string of the molecule is COc1ccc(-c2c3c(-c4ccc(Br)cc4)n[nH]c3c(O)n2-c2ccc(Cl)cc2)cc1OC. The summed E-state index contributed by atoms with van der Waals surface area (Å²) in [4.78, 5) is 0. The van der Waals surface area contributed by atoms with Crippen LogP contribution < -0.4 is 9.47 Å². The Morgan fingerprint density at radius 1 is 0.909 bits per heavy atom. The van der Waals surface area contributed by atoms with E-state index < -0.39 is 0 Å². The van der Waals surface area contributed by atoms with E-state index in [0.29, 0.717) is 22.0 Å². The molecule has 33 heavy (non-hydrogen) atoms. The predicted octanol–water partition coefficient (Wildman–Crippen LogP) is 6.83. The van der Waals surface area contributed by atoms with E-state index in [1.807, 2.05) is 54.6 Å². The number of aromatic amines is 1. The van der Waals surface area contributed by atoms with Gasteiger partial charge in [-0.3, -0.25) is 9.67 Å². The molecule has 0 radical (unpaired) electrons. The molecular formula is C25H19BrClN3O3. The topological polar surface area (TPSA) is 72.3 Å². The summed E-state index contributed by atoms with van der Waals surface area (Å²) in [6, 6.07) is 20.8. The highest BCUT2D eigenvalue weighted by molar-refractivity contribution is 9.10. The van der Waals surface area contributed by atoms with Crippen LogP contribution in [0.3, 0.4) is 0 Å². The smallest absolute Gasteiger partial charge is 0.222 e. The van der Waals surface area contributed by atoms with Crippen LogP contribution in [0.15, 0.2) is 71.2 Å². The molecule has 0 fully saturated rings. The third-order valence-electron chi connectivity index (χ3n) is 5.52. The van der Waals surface area contributed by atoms with Crippen LogP contribution in [0.5, 0.6) is 17.4 Å². The molecule has 6 nitrogen and oxygen atoms in total. The fraction of sp³-hybridized carbons (Fsp3) is 0.0800. The van der Waals surface area contributed by atoms with Crippen LogP contribution >= 0.6 is 27.5 Å². The molecule has 5 rings (SSSR count).